The lowest BCUT2D eigenvalue weighted by Gasteiger charge is -2.11. The fourth-order valence-corrected chi connectivity index (χ4v) is 3.13. The number of benzene rings is 1. The van der Waals surface area contributed by atoms with Crippen LogP contribution >= 0.6 is 0 Å². The van der Waals surface area contributed by atoms with E-state index in [1.807, 2.05) is 62.7 Å². The van der Waals surface area contributed by atoms with Crippen molar-refractivity contribution in [1.29, 1.82) is 0 Å². The Labute approximate surface area is 168 Å². The molecule has 0 spiro atoms. The van der Waals surface area contributed by atoms with E-state index in [1.165, 1.54) is 0 Å². The van der Waals surface area contributed by atoms with E-state index < -0.39 is 0 Å². The molecule has 0 fully saturated rings. The summed E-state index contributed by atoms with van der Waals surface area (Å²) in [5.41, 5.74) is 5.12. The molecule has 0 aliphatic heterocycles. The monoisotopic (exact) mass is 389 g/mol. The van der Waals surface area contributed by atoms with Crippen molar-refractivity contribution in [3.63, 3.8) is 0 Å². The van der Waals surface area contributed by atoms with Crippen molar-refractivity contribution in [2.24, 2.45) is 0 Å². The van der Waals surface area contributed by atoms with Crippen molar-refractivity contribution < 1.29 is 9.32 Å². The molecule has 0 radical (unpaired) electrons. The van der Waals surface area contributed by atoms with Gasteiger partial charge in [0.1, 0.15) is 0 Å². The zero-order chi connectivity index (χ0) is 20.6. The van der Waals surface area contributed by atoms with Crippen LogP contribution in [0.25, 0.3) is 16.6 Å². The van der Waals surface area contributed by atoms with Crippen LogP contribution in [0, 0.1) is 6.92 Å². The van der Waals surface area contributed by atoms with Gasteiger partial charge in [-0.05, 0) is 41.8 Å². The van der Waals surface area contributed by atoms with Crippen molar-refractivity contribution in [1.82, 2.24) is 25.1 Å². The molecule has 3 aromatic heterocycles. The number of fused-ring (bicyclic) bond motifs is 1. The van der Waals surface area contributed by atoms with Gasteiger partial charge in [-0.3, -0.25) is 4.79 Å². The first kappa shape index (κ1) is 18.9. The maximum atomic E-state index is 12.4. The van der Waals surface area contributed by atoms with Crippen molar-refractivity contribution in [2.45, 2.75) is 39.7 Å². The lowest BCUT2D eigenvalue weighted by atomic mass is 9.96. The number of hydrogen-bond donors (Lipinski definition) is 1. The highest BCUT2D eigenvalue weighted by atomic mass is 16.5. The molecule has 0 unspecified atom stereocenters. The van der Waals surface area contributed by atoms with Crippen molar-refractivity contribution >= 4 is 11.4 Å². The molecular weight excluding hydrogens is 366 g/mol. The molecule has 1 N–H and O–H groups in total. The number of hydrogen-bond acceptors (Lipinski definition) is 5. The van der Waals surface area contributed by atoms with Gasteiger partial charge in [0.2, 0.25) is 0 Å². The molecule has 0 aliphatic rings. The number of nitrogens with one attached hydrogen (secondary N) is 1. The molecule has 0 aliphatic carbocycles. The fraction of sp³-hybridized carbons (Fsp3) is 0.273. The van der Waals surface area contributed by atoms with Gasteiger partial charge in [-0.1, -0.05) is 44.1 Å². The molecule has 3 heterocycles. The van der Waals surface area contributed by atoms with E-state index in [0.29, 0.717) is 12.4 Å². The first-order valence-electron chi connectivity index (χ1n) is 9.47. The summed E-state index contributed by atoms with van der Waals surface area (Å²) in [7, 11) is 0. The van der Waals surface area contributed by atoms with Crippen LogP contribution in [0.3, 0.4) is 0 Å². The van der Waals surface area contributed by atoms with Crippen LogP contribution in [-0.4, -0.2) is 25.7 Å². The maximum absolute atomic E-state index is 12.4. The summed E-state index contributed by atoms with van der Waals surface area (Å²) >= 11 is 0. The molecule has 1 aromatic carbocycles. The predicted molar refractivity (Wildman–Crippen MR) is 110 cm³/mol. The van der Waals surface area contributed by atoms with Crippen LogP contribution in [0.5, 0.6) is 0 Å². The minimum atomic E-state index is -0.375. The molecule has 0 saturated carbocycles. The van der Waals surface area contributed by atoms with E-state index in [9.17, 15) is 4.79 Å². The van der Waals surface area contributed by atoms with Crippen LogP contribution in [0.4, 0.5) is 0 Å². The number of nitrogens with zero attached hydrogens (tertiary/aromatic N) is 4. The third-order valence-corrected chi connectivity index (χ3v) is 4.82. The largest absolute Gasteiger partial charge is 0.344 e. The minimum Gasteiger partial charge on any atom is -0.344 e. The average molecular weight is 389 g/mol. The van der Waals surface area contributed by atoms with Crippen LogP contribution in [0.2, 0.25) is 0 Å². The number of rotatable bonds is 4. The van der Waals surface area contributed by atoms with Crippen molar-refractivity contribution in [2.75, 3.05) is 0 Å². The summed E-state index contributed by atoms with van der Waals surface area (Å²) in [4.78, 5) is 16.6. The smallest absolute Gasteiger partial charge is 0.315 e. The summed E-state index contributed by atoms with van der Waals surface area (Å²) in [5.74, 6) is 0.120. The van der Waals surface area contributed by atoms with Gasteiger partial charge in [-0.2, -0.15) is 10.1 Å². The van der Waals surface area contributed by atoms with E-state index in [2.05, 4.69) is 32.7 Å². The molecule has 0 bridgehead atoms. The second-order valence-electron chi connectivity index (χ2n) is 8.08. The summed E-state index contributed by atoms with van der Waals surface area (Å²) in [5, 5.41) is 11.1. The second kappa shape index (κ2) is 7.16. The van der Waals surface area contributed by atoms with E-state index in [4.69, 9.17) is 4.52 Å². The highest BCUT2D eigenvalue weighted by Gasteiger charge is 2.23. The minimum absolute atomic E-state index is 0.0170. The molecule has 4 rings (SSSR count). The lowest BCUT2D eigenvalue weighted by molar-refractivity contribution is 0.0907. The van der Waals surface area contributed by atoms with Gasteiger partial charge in [-0.15, -0.1) is 0 Å². The number of aryl methyl sites for hydroxylation is 1. The fourth-order valence-electron chi connectivity index (χ4n) is 3.13. The molecule has 4 aromatic rings. The van der Waals surface area contributed by atoms with E-state index in [1.54, 1.807) is 6.20 Å². The number of carbonyl (C=O) groups is 1. The Morgan fingerprint density at radius 1 is 1.21 bits per heavy atom. The number of amides is 1. The van der Waals surface area contributed by atoms with Crippen molar-refractivity contribution in [3.8, 4) is 11.1 Å². The number of aromatic nitrogens is 4. The zero-order valence-corrected chi connectivity index (χ0v) is 16.9. The molecule has 0 atom stereocenters. The summed E-state index contributed by atoms with van der Waals surface area (Å²) in [6.07, 6.45) is 3.72. The van der Waals surface area contributed by atoms with Gasteiger partial charge >= 0.3 is 11.8 Å². The van der Waals surface area contributed by atoms with Gasteiger partial charge in [0.15, 0.2) is 5.82 Å². The van der Waals surface area contributed by atoms with Crippen LogP contribution in [0.1, 0.15) is 48.4 Å². The SMILES string of the molecule is Cc1cc(-c2ccnn3cccc23)ccc1CNC(=O)c1nc(C(C)(C)C)no1. The van der Waals surface area contributed by atoms with E-state index in [-0.39, 0.29) is 17.2 Å². The molecule has 1 amide bonds. The van der Waals surface area contributed by atoms with Crippen LogP contribution in [0.15, 0.2) is 53.3 Å². The Kier molecular flexibility index (Phi) is 4.66. The first-order valence-corrected chi connectivity index (χ1v) is 9.47. The Hall–Kier alpha value is -3.48. The zero-order valence-electron chi connectivity index (χ0n) is 16.9. The molecule has 7 heteroatoms. The quantitative estimate of drug-likeness (QED) is 0.572. The third-order valence-electron chi connectivity index (χ3n) is 4.82. The third kappa shape index (κ3) is 3.76. The predicted octanol–water partition coefficient (Wildman–Crippen LogP) is 3.92. The molecule has 29 heavy (non-hydrogen) atoms. The summed E-state index contributed by atoms with van der Waals surface area (Å²) in [6, 6.07) is 12.2. The lowest BCUT2D eigenvalue weighted by Crippen LogP contribution is -2.24. The van der Waals surface area contributed by atoms with Gasteiger partial charge in [0.05, 0.1) is 5.52 Å². The molecule has 7 nitrogen and oxygen atoms in total. The second-order valence-corrected chi connectivity index (χ2v) is 8.08. The highest BCUT2D eigenvalue weighted by molar-refractivity contribution is 5.89. The Morgan fingerprint density at radius 3 is 2.76 bits per heavy atom. The summed E-state index contributed by atoms with van der Waals surface area (Å²) < 4.78 is 6.96. The topological polar surface area (TPSA) is 85.3 Å². The Morgan fingerprint density at radius 2 is 2.03 bits per heavy atom. The Balaban J connectivity index is 1.50. The van der Waals surface area contributed by atoms with E-state index in [0.717, 1.165) is 27.8 Å². The first-order chi connectivity index (χ1) is 13.8. The van der Waals surface area contributed by atoms with Crippen LogP contribution in [-0.2, 0) is 12.0 Å². The standard InChI is InChI=1S/C22H23N5O2/c1-14-12-15(17-9-10-24-27-11-5-6-18(17)27)7-8-16(14)13-23-19(28)20-25-21(26-29-20)22(2,3)4/h5-12H,13H2,1-4H3,(H,23,28). The van der Waals surface area contributed by atoms with Gasteiger partial charge < -0.3 is 9.84 Å². The van der Waals surface area contributed by atoms with E-state index >= 15 is 0 Å². The number of carbonyl (C=O) groups excluding carboxylic acids is 1. The van der Waals surface area contributed by atoms with Gasteiger partial charge in [-0.25, -0.2) is 4.52 Å². The van der Waals surface area contributed by atoms with Gasteiger partial charge in [0.25, 0.3) is 0 Å². The normalized spacial score (nSPS) is 11.7. The average Bonchev–Trinajstić information content (AvgIpc) is 3.35. The Bertz CT molecular complexity index is 1180. The van der Waals surface area contributed by atoms with Crippen LogP contribution < -0.4 is 5.32 Å². The molecular formula is C22H23N5O2. The summed E-state index contributed by atoms with van der Waals surface area (Å²) in [6.45, 7) is 8.32. The highest BCUT2D eigenvalue weighted by Crippen LogP contribution is 2.26. The molecule has 148 valence electrons. The maximum Gasteiger partial charge on any atom is 0.315 e. The van der Waals surface area contributed by atoms with Gasteiger partial charge in [0, 0.05) is 29.9 Å². The molecule has 0 saturated heterocycles. The van der Waals surface area contributed by atoms with Crippen molar-refractivity contribution in [3.05, 3.63) is 71.6 Å².